The number of halogens is 1. The lowest BCUT2D eigenvalue weighted by Crippen LogP contribution is -2.36. The van der Waals surface area contributed by atoms with Gasteiger partial charge in [0.2, 0.25) is 0 Å². The molecule has 23 heavy (non-hydrogen) atoms. The van der Waals surface area contributed by atoms with Crippen LogP contribution in [0.25, 0.3) is 0 Å². The van der Waals surface area contributed by atoms with Crippen LogP contribution in [-0.2, 0) is 22.4 Å². The largest absolute Gasteiger partial charge is 0.345 e. The van der Waals surface area contributed by atoms with Crippen molar-refractivity contribution in [3.63, 3.8) is 0 Å². The van der Waals surface area contributed by atoms with Crippen LogP contribution in [0.15, 0.2) is 43.0 Å². The number of benzene rings is 1. The van der Waals surface area contributed by atoms with Gasteiger partial charge >= 0.3 is 0 Å². The molecule has 0 bridgehead atoms. The minimum Gasteiger partial charge on any atom is -0.345 e. The van der Waals surface area contributed by atoms with E-state index in [0.29, 0.717) is 13.2 Å². The van der Waals surface area contributed by atoms with E-state index in [1.165, 1.54) is 0 Å². The van der Waals surface area contributed by atoms with E-state index in [9.17, 15) is 0 Å². The highest BCUT2D eigenvalue weighted by atomic mass is 35.5. The molecule has 2 aromatic rings. The first kappa shape index (κ1) is 16.5. The number of rotatable bonds is 7. The zero-order valence-corrected chi connectivity index (χ0v) is 14.2. The van der Waals surface area contributed by atoms with Crippen LogP contribution in [0.4, 0.5) is 0 Å². The van der Waals surface area contributed by atoms with Crippen LogP contribution < -0.4 is 0 Å². The van der Waals surface area contributed by atoms with Crippen molar-refractivity contribution in [1.29, 1.82) is 0 Å². The molecule has 2 heterocycles. The molecular weight excluding hydrogens is 312 g/mol. The van der Waals surface area contributed by atoms with Crippen LogP contribution in [-0.4, -0.2) is 28.0 Å². The summed E-state index contributed by atoms with van der Waals surface area (Å²) >= 11 is 6.28. The summed E-state index contributed by atoms with van der Waals surface area (Å²) in [5, 5.41) is 0.799. The molecular formula is C18H23ClN2O2. The molecule has 1 aromatic heterocycles. The van der Waals surface area contributed by atoms with Crippen molar-refractivity contribution < 1.29 is 9.47 Å². The molecule has 0 spiro atoms. The standard InChI is InChI=1S/C18H23ClN2O2/c1-2-5-16-12-22-18(23-16,13-21-11-10-20-14-21)9-8-15-6-3-4-7-17(15)19/h3-4,6-7,10-11,14,16H,2,5,8-9,12-13H2,1H3. The number of imidazole rings is 1. The maximum atomic E-state index is 6.31. The van der Waals surface area contributed by atoms with Gasteiger partial charge in [-0.1, -0.05) is 43.1 Å². The summed E-state index contributed by atoms with van der Waals surface area (Å²) in [5.41, 5.74) is 1.13. The molecule has 0 radical (unpaired) electrons. The summed E-state index contributed by atoms with van der Waals surface area (Å²) in [4.78, 5) is 4.11. The van der Waals surface area contributed by atoms with Gasteiger partial charge in [-0.15, -0.1) is 0 Å². The second-order valence-corrected chi connectivity index (χ2v) is 6.48. The van der Waals surface area contributed by atoms with Crippen molar-refractivity contribution in [2.75, 3.05) is 6.61 Å². The Morgan fingerprint density at radius 3 is 3.00 bits per heavy atom. The van der Waals surface area contributed by atoms with Gasteiger partial charge in [0.05, 0.1) is 25.6 Å². The molecule has 1 aliphatic heterocycles. The second-order valence-electron chi connectivity index (χ2n) is 6.08. The quantitative estimate of drug-likeness (QED) is 0.765. The molecule has 0 aliphatic carbocycles. The van der Waals surface area contributed by atoms with Crippen molar-refractivity contribution >= 4 is 11.6 Å². The Bertz CT molecular complexity index is 617. The Labute approximate surface area is 142 Å². The van der Waals surface area contributed by atoms with Gasteiger partial charge in [0, 0.05) is 23.8 Å². The maximum absolute atomic E-state index is 6.31. The van der Waals surface area contributed by atoms with E-state index >= 15 is 0 Å². The number of hydrogen-bond donors (Lipinski definition) is 0. The van der Waals surface area contributed by atoms with Gasteiger partial charge in [0.15, 0.2) is 5.79 Å². The third-order valence-corrected chi connectivity index (χ3v) is 4.61. The van der Waals surface area contributed by atoms with Crippen molar-refractivity contribution in [3.8, 4) is 0 Å². The molecule has 0 N–H and O–H groups in total. The smallest absolute Gasteiger partial charge is 0.187 e. The number of hydrogen-bond acceptors (Lipinski definition) is 3. The normalized spacial score (nSPS) is 24.2. The molecule has 1 aromatic carbocycles. The number of aryl methyl sites for hydroxylation is 1. The summed E-state index contributed by atoms with van der Waals surface area (Å²) in [5.74, 6) is -0.598. The summed E-state index contributed by atoms with van der Waals surface area (Å²) in [6.07, 6.45) is 9.42. The summed E-state index contributed by atoms with van der Waals surface area (Å²) < 4.78 is 14.5. The van der Waals surface area contributed by atoms with E-state index in [0.717, 1.165) is 36.3 Å². The predicted octanol–water partition coefficient (Wildman–Crippen LogP) is 4.08. The Kier molecular flexibility index (Phi) is 5.36. The fourth-order valence-corrected chi connectivity index (χ4v) is 3.29. The van der Waals surface area contributed by atoms with E-state index in [1.807, 2.05) is 29.0 Å². The van der Waals surface area contributed by atoms with E-state index in [1.54, 1.807) is 12.5 Å². The molecule has 1 aliphatic rings. The van der Waals surface area contributed by atoms with Crippen LogP contribution in [0.3, 0.4) is 0 Å². The summed E-state index contributed by atoms with van der Waals surface area (Å²) in [6, 6.07) is 7.95. The fraction of sp³-hybridized carbons (Fsp3) is 0.500. The van der Waals surface area contributed by atoms with Gasteiger partial charge in [-0.05, 0) is 24.5 Å². The van der Waals surface area contributed by atoms with Crippen molar-refractivity contribution in [1.82, 2.24) is 9.55 Å². The topological polar surface area (TPSA) is 36.3 Å². The second kappa shape index (κ2) is 7.47. The Morgan fingerprint density at radius 1 is 1.39 bits per heavy atom. The monoisotopic (exact) mass is 334 g/mol. The molecule has 5 heteroatoms. The van der Waals surface area contributed by atoms with Gasteiger partial charge in [-0.3, -0.25) is 0 Å². The van der Waals surface area contributed by atoms with E-state index in [-0.39, 0.29) is 6.10 Å². The zero-order valence-electron chi connectivity index (χ0n) is 13.5. The third kappa shape index (κ3) is 4.14. The fourth-order valence-electron chi connectivity index (χ4n) is 3.06. The first-order chi connectivity index (χ1) is 11.2. The number of ether oxygens (including phenoxy) is 2. The van der Waals surface area contributed by atoms with Crippen LogP contribution >= 0.6 is 11.6 Å². The predicted molar refractivity (Wildman–Crippen MR) is 90.5 cm³/mol. The van der Waals surface area contributed by atoms with Gasteiger partial charge in [0.1, 0.15) is 0 Å². The lowest BCUT2D eigenvalue weighted by Gasteiger charge is -2.29. The first-order valence-corrected chi connectivity index (χ1v) is 8.59. The maximum Gasteiger partial charge on any atom is 0.187 e. The van der Waals surface area contributed by atoms with E-state index in [4.69, 9.17) is 21.1 Å². The van der Waals surface area contributed by atoms with Crippen molar-refractivity contribution in [2.24, 2.45) is 0 Å². The Morgan fingerprint density at radius 2 is 2.26 bits per heavy atom. The number of aromatic nitrogens is 2. The van der Waals surface area contributed by atoms with Gasteiger partial charge < -0.3 is 14.0 Å². The SMILES string of the molecule is CCCC1COC(CCc2ccccc2Cl)(Cn2ccnc2)O1. The van der Waals surface area contributed by atoms with Crippen LogP contribution in [0.5, 0.6) is 0 Å². The molecule has 2 unspecified atom stereocenters. The lowest BCUT2D eigenvalue weighted by molar-refractivity contribution is -0.182. The zero-order chi connectivity index (χ0) is 16.1. The minimum absolute atomic E-state index is 0.176. The molecule has 1 fully saturated rings. The minimum atomic E-state index is -0.598. The van der Waals surface area contributed by atoms with E-state index in [2.05, 4.69) is 18.0 Å². The molecule has 124 valence electrons. The Balaban J connectivity index is 1.72. The van der Waals surface area contributed by atoms with E-state index < -0.39 is 5.79 Å². The number of nitrogens with zero attached hydrogens (tertiary/aromatic N) is 2. The first-order valence-electron chi connectivity index (χ1n) is 8.22. The highest BCUT2D eigenvalue weighted by Gasteiger charge is 2.41. The molecule has 0 amide bonds. The van der Waals surface area contributed by atoms with Gasteiger partial charge in [-0.2, -0.15) is 0 Å². The van der Waals surface area contributed by atoms with Crippen LogP contribution in [0.1, 0.15) is 31.7 Å². The van der Waals surface area contributed by atoms with Gasteiger partial charge in [-0.25, -0.2) is 4.98 Å². The lowest BCUT2D eigenvalue weighted by atomic mass is 10.0. The van der Waals surface area contributed by atoms with Crippen LogP contribution in [0.2, 0.25) is 5.02 Å². The van der Waals surface area contributed by atoms with Crippen molar-refractivity contribution in [2.45, 2.75) is 51.0 Å². The average molecular weight is 335 g/mol. The summed E-state index contributed by atoms with van der Waals surface area (Å²) in [7, 11) is 0. The van der Waals surface area contributed by atoms with Crippen molar-refractivity contribution in [3.05, 3.63) is 53.6 Å². The molecule has 2 atom stereocenters. The summed E-state index contributed by atoms with van der Waals surface area (Å²) in [6.45, 7) is 3.48. The third-order valence-electron chi connectivity index (χ3n) is 4.24. The highest BCUT2D eigenvalue weighted by Crippen LogP contribution is 2.33. The highest BCUT2D eigenvalue weighted by molar-refractivity contribution is 6.31. The molecule has 3 rings (SSSR count). The Hall–Kier alpha value is -1.36. The van der Waals surface area contributed by atoms with Crippen LogP contribution in [0, 0.1) is 0 Å². The molecule has 4 nitrogen and oxygen atoms in total. The molecule has 1 saturated heterocycles. The molecule has 0 saturated carbocycles. The van der Waals surface area contributed by atoms with Gasteiger partial charge in [0.25, 0.3) is 0 Å². The average Bonchev–Trinajstić information content (AvgIpc) is 3.18.